The van der Waals surface area contributed by atoms with Crippen molar-refractivity contribution in [1.82, 2.24) is 5.43 Å². The van der Waals surface area contributed by atoms with Gasteiger partial charge in [0.1, 0.15) is 5.75 Å². The first-order valence-corrected chi connectivity index (χ1v) is 9.16. The third-order valence-corrected chi connectivity index (χ3v) is 4.60. The molecule has 146 valence electrons. The summed E-state index contributed by atoms with van der Waals surface area (Å²) in [6, 6.07) is 22.6. The molecule has 5 heteroatoms. The lowest BCUT2D eigenvalue weighted by Crippen LogP contribution is -2.43. The van der Waals surface area contributed by atoms with Crippen molar-refractivity contribution in [2.75, 3.05) is 0 Å². The topological polar surface area (TPSA) is 81.9 Å². The second kappa shape index (κ2) is 8.99. The van der Waals surface area contributed by atoms with E-state index in [0.717, 1.165) is 0 Å². The number of hydrazone groups is 1. The van der Waals surface area contributed by atoms with Gasteiger partial charge >= 0.3 is 0 Å². The molecule has 3 N–H and O–H groups in total. The average molecular weight is 386 g/mol. The number of allylic oxidation sites excluding steroid dienone is 1. The van der Waals surface area contributed by atoms with Gasteiger partial charge in [-0.2, -0.15) is 5.10 Å². The molecule has 0 fully saturated rings. The van der Waals surface area contributed by atoms with Crippen LogP contribution in [-0.4, -0.2) is 22.3 Å². The monoisotopic (exact) mass is 386 g/mol. The molecular formula is C24H22N2O3. The number of carbonyl (C=O) groups excluding carboxylic acids is 1. The molecule has 0 aliphatic heterocycles. The van der Waals surface area contributed by atoms with Crippen LogP contribution in [0.2, 0.25) is 0 Å². The van der Waals surface area contributed by atoms with E-state index in [2.05, 4.69) is 17.1 Å². The minimum atomic E-state index is -1.91. The molecule has 0 saturated carbocycles. The number of rotatable bonds is 7. The van der Waals surface area contributed by atoms with Gasteiger partial charge in [0.15, 0.2) is 5.60 Å². The number of phenolic OH excluding ortho intramolecular Hbond substituents is 1. The second-order valence-corrected chi connectivity index (χ2v) is 6.49. The first-order valence-electron chi connectivity index (χ1n) is 9.16. The summed E-state index contributed by atoms with van der Waals surface area (Å²) in [6.07, 6.45) is 3.55. The molecule has 0 radical (unpaired) electrons. The number of hydrogen-bond acceptors (Lipinski definition) is 4. The highest BCUT2D eigenvalue weighted by atomic mass is 16.3. The van der Waals surface area contributed by atoms with Gasteiger partial charge in [-0.15, -0.1) is 6.58 Å². The van der Waals surface area contributed by atoms with Gasteiger partial charge in [0.2, 0.25) is 0 Å². The smallest absolute Gasteiger partial charge is 0.281 e. The standard InChI is InChI=1S/C24H22N2O3/c1-2-10-18-11-9-12-19(22(18)27)17-25-26-23(28)24(29,20-13-5-3-6-14-20)21-15-7-4-8-16-21/h2-9,11-17,27,29H,1,10H2,(H,26,28)/b25-17+. The number of amides is 1. The van der Waals surface area contributed by atoms with Crippen molar-refractivity contribution in [3.05, 3.63) is 114 Å². The maximum absolute atomic E-state index is 13.0. The van der Waals surface area contributed by atoms with Crippen LogP contribution in [0.25, 0.3) is 0 Å². The number of para-hydroxylation sites is 1. The average Bonchev–Trinajstić information content (AvgIpc) is 2.77. The van der Waals surface area contributed by atoms with E-state index < -0.39 is 11.5 Å². The summed E-state index contributed by atoms with van der Waals surface area (Å²) >= 11 is 0. The lowest BCUT2D eigenvalue weighted by Gasteiger charge is -2.27. The van der Waals surface area contributed by atoms with Crippen molar-refractivity contribution in [3.8, 4) is 5.75 Å². The number of phenols is 1. The summed E-state index contributed by atoms with van der Waals surface area (Å²) in [5.41, 5.74) is 2.50. The number of aromatic hydroxyl groups is 1. The van der Waals surface area contributed by atoms with Crippen LogP contribution in [0.15, 0.2) is 96.6 Å². The van der Waals surface area contributed by atoms with Gasteiger partial charge in [-0.3, -0.25) is 4.79 Å². The normalized spacial score (nSPS) is 11.3. The van der Waals surface area contributed by atoms with Gasteiger partial charge in [0.25, 0.3) is 5.91 Å². The Morgan fingerprint density at radius 3 is 2.10 bits per heavy atom. The zero-order chi connectivity index (χ0) is 20.7. The minimum Gasteiger partial charge on any atom is -0.507 e. The number of nitrogens with one attached hydrogen (secondary N) is 1. The summed E-state index contributed by atoms with van der Waals surface area (Å²) in [5, 5.41) is 25.6. The number of benzene rings is 3. The van der Waals surface area contributed by atoms with Gasteiger partial charge in [-0.25, -0.2) is 5.43 Å². The molecule has 0 spiro atoms. The van der Waals surface area contributed by atoms with Crippen LogP contribution < -0.4 is 5.43 Å². The zero-order valence-electron chi connectivity index (χ0n) is 15.8. The fraction of sp³-hybridized carbons (Fsp3) is 0.0833. The summed E-state index contributed by atoms with van der Waals surface area (Å²) in [6.45, 7) is 3.67. The first-order chi connectivity index (χ1) is 14.1. The lowest BCUT2D eigenvalue weighted by atomic mass is 9.85. The Morgan fingerprint density at radius 1 is 0.966 bits per heavy atom. The van der Waals surface area contributed by atoms with Crippen molar-refractivity contribution in [2.45, 2.75) is 12.0 Å². The summed E-state index contributed by atoms with van der Waals surface area (Å²) in [7, 11) is 0. The fourth-order valence-corrected chi connectivity index (χ4v) is 3.06. The van der Waals surface area contributed by atoms with Crippen molar-refractivity contribution in [1.29, 1.82) is 0 Å². The van der Waals surface area contributed by atoms with Gasteiger partial charge < -0.3 is 10.2 Å². The number of nitrogens with zero attached hydrogens (tertiary/aromatic N) is 1. The highest BCUT2D eigenvalue weighted by Crippen LogP contribution is 2.30. The maximum atomic E-state index is 13.0. The summed E-state index contributed by atoms with van der Waals surface area (Å²) in [4.78, 5) is 13.0. The highest BCUT2D eigenvalue weighted by molar-refractivity contribution is 5.91. The van der Waals surface area contributed by atoms with Crippen molar-refractivity contribution < 1.29 is 15.0 Å². The maximum Gasteiger partial charge on any atom is 0.281 e. The Morgan fingerprint density at radius 2 is 1.55 bits per heavy atom. The van der Waals surface area contributed by atoms with E-state index in [1.807, 2.05) is 12.1 Å². The number of aliphatic hydroxyl groups is 1. The van der Waals surface area contributed by atoms with Crippen LogP contribution in [0.5, 0.6) is 5.75 Å². The van der Waals surface area contributed by atoms with Crippen LogP contribution in [0, 0.1) is 0 Å². The molecule has 29 heavy (non-hydrogen) atoms. The molecule has 0 aromatic heterocycles. The Hall–Kier alpha value is -3.70. The first kappa shape index (κ1) is 20.0. The molecule has 0 aliphatic carbocycles. The molecule has 0 heterocycles. The largest absolute Gasteiger partial charge is 0.507 e. The lowest BCUT2D eigenvalue weighted by molar-refractivity contribution is -0.136. The Kier molecular flexibility index (Phi) is 6.22. The van der Waals surface area contributed by atoms with Gasteiger partial charge in [-0.1, -0.05) is 78.9 Å². The molecule has 0 bridgehead atoms. The molecular weight excluding hydrogens is 364 g/mol. The molecule has 0 atom stereocenters. The minimum absolute atomic E-state index is 0.0757. The zero-order valence-corrected chi connectivity index (χ0v) is 15.8. The van der Waals surface area contributed by atoms with E-state index in [0.29, 0.717) is 28.7 Å². The van der Waals surface area contributed by atoms with E-state index >= 15 is 0 Å². The van der Waals surface area contributed by atoms with Crippen LogP contribution in [0.1, 0.15) is 22.3 Å². The second-order valence-electron chi connectivity index (χ2n) is 6.49. The third kappa shape index (κ3) is 4.25. The van der Waals surface area contributed by atoms with Crippen LogP contribution in [-0.2, 0) is 16.8 Å². The Labute approximate surface area is 169 Å². The van der Waals surface area contributed by atoms with E-state index in [9.17, 15) is 15.0 Å². The molecule has 1 amide bonds. The Balaban J connectivity index is 1.88. The Bertz CT molecular complexity index is 975. The number of hydrogen-bond donors (Lipinski definition) is 3. The molecule has 0 unspecified atom stereocenters. The van der Waals surface area contributed by atoms with E-state index in [-0.39, 0.29) is 5.75 Å². The van der Waals surface area contributed by atoms with Crippen LogP contribution in [0.4, 0.5) is 0 Å². The van der Waals surface area contributed by atoms with Crippen molar-refractivity contribution in [3.63, 3.8) is 0 Å². The third-order valence-electron chi connectivity index (χ3n) is 4.60. The predicted octanol–water partition coefficient (Wildman–Crippen LogP) is 3.51. The summed E-state index contributed by atoms with van der Waals surface area (Å²) < 4.78 is 0. The van der Waals surface area contributed by atoms with Crippen LogP contribution >= 0.6 is 0 Å². The predicted molar refractivity (Wildman–Crippen MR) is 114 cm³/mol. The molecule has 3 aromatic rings. The van der Waals surface area contributed by atoms with Gasteiger partial charge in [0.05, 0.1) is 6.21 Å². The molecule has 3 rings (SSSR count). The van der Waals surface area contributed by atoms with Gasteiger partial charge in [-0.05, 0) is 29.2 Å². The van der Waals surface area contributed by atoms with E-state index in [4.69, 9.17) is 0 Å². The van der Waals surface area contributed by atoms with Crippen molar-refractivity contribution >= 4 is 12.1 Å². The quantitative estimate of drug-likeness (QED) is 0.330. The fourth-order valence-electron chi connectivity index (χ4n) is 3.06. The number of carbonyl (C=O) groups is 1. The van der Waals surface area contributed by atoms with Gasteiger partial charge in [0, 0.05) is 5.56 Å². The van der Waals surface area contributed by atoms with E-state index in [1.165, 1.54) is 6.21 Å². The highest BCUT2D eigenvalue weighted by Gasteiger charge is 2.39. The SMILES string of the molecule is C=CCc1cccc(/C=N/NC(=O)C(O)(c2ccccc2)c2ccccc2)c1O. The molecule has 3 aromatic carbocycles. The van der Waals surface area contributed by atoms with E-state index in [1.54, 1.807) is 72.8 Å². The molecule has 0 saturated heterocycles. The molecule has 0 aliphatic rings. The van der Waals surface area contributed by atoms with Crippen LogP contribution in [0.3, 0.4) is 0 Å². The molecule has 5 nitrogen and oxygen atoms in total. The van der Waals surface area contributed by atoms with Crippen molar-refractivity contribution in [2.24, 2.45) is 5.10 Å². The summed E-state index contributed by atoms with van der Waals surface area (Å²) in [5.74, 6) is -0.625.